The van der Waals surface area contributed by atoms with Gasteiger partial charge in [-0.3, -0.25) is 0 Å². The molecule has 6 heteroatoms. The predicted molar refractivity (Wildman–Crippen MR) is 8.54 cm³/mol. The maximum atomic E-state index is 2.16. The summed E-state index contributed by atoms with van der Waals surface area (Å²) < 4.78 is 0. The Morgan fingerprint density at radius 3 is 1.50 bits per heavy atom. The first-order chi connectivity index (χ1) is 1.41. The minimum absolute atomic E-state index is 0. The third-order valence-corrected chi connectivity index (χ3v) is 0. The molecule has 39 valence electrons. The summed E-state index contributed by atoms with van der Waals surface area (Å²) in [5.74, 6) is 0. The number of hydrogen-bond acceptors (Lipinski definition) is 0. The van der Waals surface area contributed by atoms with E-state index in [9.17, 15) is 0 Å². The fourth-order valence-corrected chi connectivity index (χ4v) is 0. The molecular weight excluding hydrogens is 346 g/mol. The van der Waals surface area contributed by atoms with Crippen molar-refractivity contribution in [3.05, 3.63) is 0 Å². The smallest absolute Gasteiger partial charge is 0 e. The second-order valence-corrected chi connectivity index (χ2v) is 3.76. The van der Waals surface area contributed by atoms with Gasteiger partial charge in [-0.25, -0.2) is 0 Å². The molecule has 6 heavy (non-hydrogen) atoms. The van der Waals surface area contributed by atoms with Gasteiger partial charge in [0.2, 0.25) is 0 Å². The number of rotatable bonds is 0. The van der Waals surface area contributed by atoms with Gasteiger partial charge in [-0.05, 0) is 0 Å². The van der Waals surface area contributed by atoms with Gasteiger partial charge in [-0.1, -0.05) is 0 Å². The summed E-state index contributed by atoms with van der Waals surface area (Å²) in [5, 5.41) is 0. The second kappa shape index (κ2) is 24.6. The molecule has 0 saturated carbocycles. The van der Waals surface area contributed by atoms with Gasteiger partial charge in [0.15, 0.2) is 0 Å². The molecule has 0 amide bonds. The Bertz CT molecular complexity index is 15.5. The van der Waals surface area contributed by atoms with Gasteiger partial charge in [0.25, 0.3) is 0 Å². The maximum absolute atomic E-state index is 2.16. The van der Waals surface area contributed by atoms with Crippen molar-refractivity contribution >= 4 is 6.66 Å². The zero-order valence-electron chi connectivity index (χ0n) is 3.15. The fraction of sp³-hybridized carbons (Fsp3) is 0. The maximum Gasteiger partial charge on any atom is 0 e. The van der Waals surface area contributed by atoms with E-state index in [0.29, 0.717) is 0 Å². The van der Waals surface area contributed by atoms with E-state index in [1.54, 1.807) is 0 Å². The largest absolute Gasteiger partial charge is 0 e. The first-order valence-corrected chi connectivity index (χ1v) is 5.32. The molecule has 0 unspecified atom stereocenters. The van der Waals surface area contributed by atoms with E-state index in [0.717, 1.165) is 12.1 Å². The predicted octanol–water partition coefficient (Wildman–Crippen LogP) is -0.929. The van der Waals surface area contributed by atoms with Crippen LogP contribution in [-0.2, 0) is 83.5 Å². The summed E-state index contributed by atoms with van der Waals surface area (Å²) in [6.07, 6.45) is 0. The molecule has 0 saturated heterocycles. The summed E-state index contributed by atoms with van der Waals surface area (Å²) >= 11 is 3.17. The van der Waals surface area contributed by atoms with Gasteiger partial charge >= 0.3 is 36.5 Å². The molecule has 0 aliphatic carbocycles. The quantitative estimate of drug-likeness (QED) is 0.497. The molecule has 0 N–H and O–H groups in total. The molecule has 0 aliphatic heterocycles. The van der Waals surface area contributed by atoms with Gasteiger partial charge in [0.1, 0.15) is 0 Å². The Morgan fingerprint density at radius 1 is 1.50 bits per heavy atom. The topological polar surface area (TPSA) is 0 Å². The molecule has 0 aromatic heterocycles. The molecule has 0 heterocycles. The SMILES string of the molecule is [BH2][Mn][Mo].[Cu].[Fe].[Zn]. The molecule has 0 aromatic carbocycles. The zero-order chi connectivity index (χ0) is 2.71. The second-order valence-electron chi connectivity index (χ2n) is 0.154. The molecule has 0 aliphatic rings. The van der Waals surface area contributed by atoms with Crippen molar-refractivity contribution in [3.63, 3.8) is 0 Å². The van der Waals surface area contributed by atoms with Gasteiger partial charge in [0.05, 0.1) is 0 Å². The summed E-state index contributed by atoms with van der Waals surface area (Å²) in [5.41, 5.74) is 0. The summed E-state index contributed by atoms with van der Waals surface area (Å²) in [6, 6.07) is 0. The van der Waals surface area contributed by atoms with Crippen LogP contribution >= 0.6 is 0 Å². The molecule has 0 spiro atoms. The molecule has 0 nitrogen and oxygen atoms in total. The summed E-state index contributed by atoms with van der Waals surface area (Å²) in [6.45, 7) is 2.16. The summed E-state index contributed by atoms with van der Waals surface area (Å²) in [4.78, 5) is 0. The van der Waals surface area contributed by atoms with Gasteiger partial charge in [-0.2, -0.15) is 0 Å². The Balaban J connectivity index is -0.00000000667. The average Bonchev–Trinajstić information content (AvgIpc) is 0.918. The van der Waals surface area contributed by atoms with E-state index < -0.39 is 0 Å². The fourth-order valence-electron chi connectivity index (χ4n) is 0. The first-order valence-electron chi connectivity index (χ1n) is 0.532. The van der Waals surface area contributed by atoms with Crippen LogP contribution in [0.5, 0.6) is 0 Å². The van der Waals surface area contributed by atoms with Crippen molar-refractivity contribution in [2.45, 2.75) is 0 Å². The zero-order valence-corrected chi connectivity index (χ0v) is 11.3. The Morgan fingerprint density at radius 2 is 1.50 bits per heavy atom. The van der Waals surface area contributed by atoms with E-state index in [1.807, 2.05) is 0 Å². The monoisotopic (exact) mass is 349 g/mol. The van der Waals surface area contributed by atoms with Crippen molar-refractivity contribution in [3.8, 4) is 0 Å². The molecular formula is H2BCuFeMnMoZn. The molecule has 0 aromatic rings. The van der Waals surface area contributed by atoms with Crippen LogP contribution in [0, 0.1) is 0 Å². The van der Waals surface area contributed by atoms with Gasteiger partial charge in [-0.15, -0.1) is 0 Å². The normalized spacial score (nSPS) is 2.67. The van der Waals surface area contributed by atoms with Gasteiger partial charge < -0.3 is 0 Å². The van der Waals surface area contributed by atoms with Crippen LogP contribution in [0.2, 0.25) is 0 Å². The molecule has 0 rings (SSSR count). The van der Waals surface area contributed by atoms with Crippen LogP contribution in [0.15, 0.2) is 0 Å². The van der Waals surface area contributed by atoms with E-state index in [-0.39, 0.29) is 53.6 Å². The molecule has 1 radical (unpaired) electrons. The minimum Gasteiger partial charge on any atom is 0 e. The summed E-state index contributed by atoms with van der Waals surface area (Å²) in [7, 11) is 0. The van der Waals surface area contributed by atoms with Crippen LogP contribution in [0.3, 0.4) is 0 Å². The van der Waals surface area contributed by atoms with E-state index in [2.05, 4.69) is 24.4 Å². The Kier molecular flexibility index (Phi) is 94.9. The van der Waals surface area contributed by atoms with Crippen LogP contribution in [0.1, 0.15) is 0 Å². The number of hydrogen-bond donors (Lipinski definition) is 0. The van der Waals surface area contributed by atoms with Crippen LogP contribution in [0.4, 0.5) is 0 Å². The van der Waals surface area contributed by atoms with E-state index in [1.165, 1.54) is 0 Å². The van der Waals surface area contributed by atoms with Crippen LogP contribution < -0.4 is 0 Å². The first kappa shape index (κ1) is 23.1. The minimum atomic E-state index is 0. The van der Waals surface area contributed by atoms with Crippen molar-refractivity contribution in [1.29, 1.82) is 0 Å². The average molecular weight is 348 g/mol. The van der Waals surface area contributed by atoms with E-state index >= 15 is 0 Å². The Hall–Kier alpha value is 2.94. The third-order valence-electron chi connectivity index (χ3n) is 0. The van der Waals surface area contributed by atoms with Crippen molar-refractivity contribution in [2.24, 2.45) is 0 Å². The van der Waals surface area contributed by atoms with Crippen molar-refractivity contribution < 1.29 is 83.5 Å². The van der Waals surface area contributed by atoms with Crippen LogP contribution in [0.25, 0.3) is 0 Å². The Labute approximate surface area is 88.7 Å². The van der Waals surface area contributed by atoms with Gasteiger partial charge in [0, 0.05) is 53.6 Å². The molecule has 0 fully saturated rings. The third kappa shape index (κ3) is 28.4. The van der Waals surface area contributed by atoms with Crippen molar-refractivity contribution in [1.82, 2.24) is 0 Å². The standard InChI is InChI=1S/BH2.Cu.Fe.Mn.Mo.Zn/h1H2;;;;;/q+1;;;-1;;. The molecule has 0 bridgehead atoms. The molecule has 0 atom stereocenters. The van der Waals surface area contributed by atoms with Crippen LogP contribution in [-0.4, -0.2) is 6.66 Å². The van der Waals surface area contributed by atoms with Crippen molar-refractivity contribution in [2.75, 3.05) is 0 Å². The van der Waals surface area contributed by atoms with E-state index in [4.69, 9.17) is 0 Å².